The molecule has 0 aromatic heterocycles. The quantitative estimate of drug-likeness (QED) is 0.191. The lowest BCUT2D eigenvalue weighted by atomic mass is 9.18. The van der Waals surface area contributed by atoms with E-state index in [0.717, 1.165) is 197 Å². The van der Waals surface area contributed by atoms with Gasteiger partial charge in [-0.15, -0.1) is 0 Å². The van der Waals surface area contributed by atoms with Crippen molar-refractivity contribution in [2.45, 2.75) is 473 Å². The lowest BCUT2D eigenvalue weighted by molar-refractivity contribution is -0.153. The van der Waals surface area contributed by atoms with Crippen LogP contribution in [0, 0.1) is 129 Å². The highest BCUT2D eigenvalue weighted by molar-refractivity contribution is 6.65. The smallest absolute Gasteiger partial charge is 0.156 e. The van der Waals surface area contributed by atoms with E-state index in [1.165, 1.54) is 70.6 Å². The lowest BCUT2D eigenvalue weighted by Crippen LogP contribution is -2.76. The molecule has 0 spiro atoms. The molecule has 564 valence electrons. The molecule has 0 amide bonds. The fourth-order valence-electron chi connectivity index (χ4n) is 34.8. The molecule has 19 atom stereocenters. The van der Waals surface area contributed by atoms with Gasteiger partial charge in [-0.25, -0.2) is 0 Å². The third kappa shape index (κ3) is 14.2. The van der Waals surface area contributed by atoms with Gasteiger partial charge in [-0.2, -0.15) is 0 Å². The van der Waals surface area contributed by atoms with Gasteiger partial charge < -0.3 is 0 Å². The van der Waals surface area contributed by atoms with Crippen molar-refractivity contribution in [3.63, 3.8) is 0 Å². The number of fused-ring (bicyclic) bond motifs is 4. The maximum absolute atomic E-state index is 3.79. The minimum Gasteiger partial charge on any atom is -0.295 e. The summed E-state index contributed by atoms with van der Waals surface area (Å²) in [5.74, 6) is 23.4. The molecule has 3 nitrogen and oxygen atoms in total. The molecule has 2 heterocycles. The second-order valence-corrected chi connectivity index (χ2v) is 45.3. The van der Waals surface area contributed by atoms with Crippen LogP contribution in [0.15, 0.2) is 0 Å². The molecule has 16 aliphatic carbocycles. The first-order valence-corrected chi connectivity index (χ1v) is 48.1. The second-order valence-electron chi connectivity index (χ2n) is 45.3. The SMILES string of the molecule is CC(C)(C)C1CC2CCC3CC(C(C)(C)C)CC4C(C5CCC6C(C5)B5C7CC(C8CCCCC8)CCC7N(C7CCC(C8CCCCC8)CC7)C7CC(N(C8CCC(C9CCCCC9)CC8)C8CCC(C9CCCCC9)CC8)CC(C57)N6C5CCC(C6CCCCC6)CC5)CC(C1)C2C34. The summed E-state index contributed by atoms with van der Waals surface area (Å²) >= 11 is 0. The van der Waals surface area contributed by atoms with Crippen molar-refractivity contribution in [3.8, 4) is 0 Å². The van der Waals surface area contributed by atoms with Gasteiger partial charge in [0.2, 0.25) is 0 Å². The van der Waals surface area contributed by atoms with Crippen LogP contribution in [0.25, 0.3) is 0 Å². The third-order valence-electron chi connectivity index (χ3n) is 39.3. The zero-order chi connectivity index (χ0) is 67.4. The van der Waals surface area contributed by atoms with Gasteiger partial charge in [0.25, 0.3) is 0 Å². The molecule has 0 N–H and O–H groups in total. The molecule has 18 rings (SSSR count). The van der Waals surface area contributed by atoms with Gasteiger partial charge in [0.05, 0.1) is 0 Å². The van der Waals surface area contributed by atoms with E-state index in [9.17, 15) is 0 Å². The van der Waals surface area contributed by atoms with Gasteiger partial charge in [0.1, 0.15) is 0 Å². The predicted molar refractivity (Wildman–Crippen MR) is 424 cm³/mol. The van der Waals surface area contributed by atoms with Crippen LogP contribution in [0.5, 0.6) is 0 Å². The van der Waals surface area contributed by atoms with Crippen LogP contribution in [-0.4, -0.2) is 75.8 Å². The fraction of sp³-hybridized carbons (Fsp3) is 1.00. The highest BCUT2D eigenvalue weighted by Gasteiger charge is 2.68. The van der Waals surface area contributed by atoms with Gasteiger partial charge in [0, 0.05) is 54.4 Å². The van der Waals surface area contributed by atoms with Gasteiger partial charge in [-0.3, -0.25) is 14.7 Å². The first kappa shape index (κ1) is 71.5. The summed E-state index contributed by atoms with van der Waals surface area (Å²) in [6.07, 6.45) is 88.1. The number of nitrogens with zero attached hydrogens (tertiary/aromatic N) is 3. The molecular weight excluding hydrogens is 1210 g/mol. The van der Waals surface area contributed by atoms with Crippen LogP contribution in [0.4, 0.5) is 0 Å². The highest BCUT2D eigenvalue weighted by atomic mass is 15.3. The summed E-state index contributed by atoms with van der Waals surface area (Å²) in [6.45, 7) is 17.2. The molecule has 18 aliphatic rings. The fourth-order valence-corrected chi connectivity index (χ4v) is 34.8. The Balaban J connectivity index is 0.742. The van der Waals surface area contributed by atoms with Gasteiger partial charge >= 0.3 is 0 Å². The number of hydrogen-bond acceptors (Lipinski definition) is 3. The molecule has 0 radical (unpaired) electrons. The Hall–Kier alpha value is -0.0551. The minimum absolute atomic E-state index is 0.444. The Morgan fingerprint density at radius 1 is 0.240 bits per heavy atom. The minimum atomic E-state index is 0.444. The van der Waals surface area contributed by atoms with E-state index in [1.807, 2.05) is 0 Å². The van der Waals surface area contributed by atoms with E-state index in [1.54, 1.807) is 289 Å². The van der Waals surface area contributed by atoms with Gasteiger partial charge in [0.15, 0.2) is 6.71 Å². The monoisotopic (exact) mass is 1370 g/mol. The van der Waals surface area contributed by atoms with Crippen LogP contribution in [0.1, 0.15) is 401 Å². The van der Waals surface area contributed by atoms with Crippen molar-refractivity contribution in [2.75, 3.05) is 0 Å². The molecule has 16 saturated carbocycles. The summed E-state index contributed by atoms with van der Waals surface area (Å²) < 4.78 is 0. The first-order chi connectivity index (χ1) is 48.8. The molecule has 19 unspecified atom stereocenters. The number of hydrogen-bond donors (Lipinski definition) is 0. The Morgan fingerprint density at radius 3 is 0.990 bits per heavy atom. The first-order valence-electron chi connectivity index (χ1n) is 48.1. The molecule has 18 fully saturated rings. The number of rotatable bonds is 11. The lowest BCUT2D eigenvalue weighted by Gasteiger charge is -2.71. The highest BCUT2D eigenvalue weighted by Crippen LogP contribution is 2.70. The molecule has 0 bridgehead atoms. The van der Waals surface area contributed by atoms with E-state index < -0.39 is 0 Å². The Kier molecular flexibility index (Phi) is 21.9. The van der Waals surface area contributed by atoms with E-state index >= 15 is 0 Å². The summed E-state index contributed by atoms with van der Waals surface area (Å²) in [6, 6.07) is 7.65. The molecule has 0 aromatic carbocycles. The summed E-state index contributed by atoms with van der Waals surface area (Å²) in [5, 5.41) is 0. The average Bonchev–Trinajstić information content (AvgIpc) is 0.698. The second kappa shape index (κ2) is 30.7. The van der Waals surface area contributed by atoms with Crippen molar-refractivity contribution in [3.05, 3.63) is 0 Å². The van der Waals surface area contributed by atoms with E-state index in [0.29, 0.717) is 10.8 Å². The van der Waals surface area contributed by atoms with Crippen molar-refractivity contribution < 1.29 is 0 Å². The third-order valence-corrected chi connectivity index (χ3v) is 39.3. The molecule has 100 heavy (non-hydrogen) atoms. The van der Waals surface area contributed by atoms with Crippen LogP contribution in [-0.2, 0) is 0 Å². The Morgan fingerprint density at radius 2 is 0.570 bits per heavy atom. The maximum atomic E-state index is 3.79. The van der Waals surface area contributed by atoms with Crippen molar-refractivity contribution in [1.82, 2.24) is 14.7 Å². The Labute approximate surface area is 619 Å². The topological polar surface area (TPSA) is 9.72 Å². The predicted octanol–water partition coefficient (Wildman–Crippen LogP) is 26.3. The standard InChI is InChI=1S/C96H162BN3/c1-95(2,3)77-54-74-32-33-75-55-78(96(4,5)6)60-85-84(57-76(56-77)92(74)93(75)85)73-43-53-89-87(59-73)97-86-58-72(67-30-20-11-21-31-67)42-52-88(86)99(81-48-38-70(39-49-81)65-26-16-9-17-27-65)90-61-83(62-91(94(90)97)100(89)82-50-40-71(41-51-82)66-28-18-10-19-29-66)98(79-44-34-68(35-45-79)63-22-12-7-13-23-63)80-46-36-69(37-47-80)64-24-14-8-15-25-64/h63-94H,7-62H2,1-6H3. The zero-order valence-corrected chi connectivity index (χ0v) is 67.0. The largest absolute Gasteiger partial charge is 0.295 e. The zero-order valence-electron chi connectivity index (χ0n) is 67.0. The molecule has 0 aromatic rings. The Bertz CT molecular complexity index is 2530. The van der Waals surface area contributed by atoms with Crippen molar-refractivity contribution >= 4 is 6.71 Å². The molecular formula is C96H162BN3. The summed E-state index contributed by atoms with van der Waals surface area (Å²) in [4.78, 5) is 11.2. The van der Waals surface area contributed by atoms with Crippen molar-refractivity contribution in [1.29, 1.82) is 0 Å². The summed E-state index contributed by atoms with van der Waals surface area (Å²) in [5.41, 5.74) is 0.900. The van der Waals surface area contributed by atoms with Gasteiger partial charge in [-0.1, -0.05) is 215 Å². The van der Waals surface area contributed by atoms with E-state index in [4.69, 9.17) is 0 Å². The van der Waals surface area contributed by atoms with Crippen molar-refractivity contribution in [2.24, 2.45) is 129 Å². The van der Waals surface area contributed by atoms with Gasteiger partial charge in [-0.05, 0) is 333 Å². The van der Waals surface area contributed by atoms with Crippen LogP contribution < -0.4 is 0 Å². The van der Waals surface area contributed by atoms with Crippen LogP contribution in [0.3, 0.4) is 0 Å². The molecule has 2 aliphatic heterocycles. The van der Waals surface area contributed by atoms with E-state index in [2.05, 4.69) is 56.2 Å². The molecule has 4 heteroatoms. The molecule has 2 saturated heterocycles. The van der Waals surface area contributed by atoms with E-state index in [-0.39, 0.29) is 0 Å². The van der Waals surface area contributed by atoms with Crippen LogP contribution in [0.2, 0.25) is 17.5 Å². The normalized spacial score (nSPS) is 48.1. The summed E-state index contributed by atoms with van der Waals surface area (Å²) in [7, 11) is 0. The maximum Gasteiger partial charge on any atom is 0.156 e. The average molecular weight is 1370 g/mol. The van der Waals surface area contributed by atoms with Crippen LogP contribution >= 0.6 is 0 Å².